The van der Waals surface area contributed by atoms with Gasteiger partial charge in [-0.2, -0.15) is 0 Å². The van der Waals surface area contributed by atoms with Crippen LogP contribution in [0.3, 0.4) is 0 Å². The lowest BCUT2D eigenvalue weighted by molar-refractivity contribution is 0.549. The number of aryl methyl sites for hydroxylation is 1. The van der Waals surface area contributed by atoms with Crippen LogP contribution in [0.1, 0.15) is 28.2 Å². The van der Waals surface area contributed by atoms with E-state index >= 15 is 0 Å². The third kappa shape index (κ3) is 2.54. The lowest BCUT2D eigenvalue weighted by atomic mass is 9.81. The van der Waals surface area contributed by atoms with Gasteiger partial charge in [0, 0.05) is 22.0 Å². The average molecular weight is 374 g/mol. The van der Waals surface area contributed by atoms with E-state index in [0.29, 0.717) is 16.2 Å². The second-order valence-corrected chi connectivity index (χ2v) is 7.31. The predicted molar refractivity (Wildman–Crippen MR) is 109 cm³/mol. The monoisotopic (exact) mass is 373 g/mol. The van der Waals surface area contributed by atoms with Crippen molar-refractivity contribution < 1.29 is 4.42 Å². The molecule has 0 aliphatic carbocycles. The van der Waals surface area contributed by atoms with E-state index in [0.717, 1.165) is 27.9 Å². The van der Waals surface area contributed by atoms with Crippen LogP contribution in [0.4, 0.5) is 11.4 Å². The third-order valence-corrected chi connectivity index (χ3v) is 5.37. The molecule has 2 heterocycles. The van der Waals surface area contributed by atoms with Crippen molar-refractivity contribution in [3.63, 3.8) is 0 Å². The summed E-state index contributed by atoms with van der Waals surface area (Å²) in [5.74, 6) is -0.239. The van der Waals surface area contributed by atoms with Crippen molar-refractivity contribution in [2.24, 2.45) is 0 Å². The Morgan fingerprint density at radius 1 is 1.00 bits per heavy atom. The SMILES string of the molecule is Cc1ccc(C2c3cc(Cl)ccc3Nc3c2c(=O)oc2ccccc32)cc1. The molecule has 4 aromatic rings. The van der Waals surface area contributed by atoms with Gasteiger partial charge in [0.15, 0.2) is 0 Å². The van der Waals surface area contributed by atoms with Crippen LogP contribution in [0.15, 0.2) is 75.9 Å². The van der Waals surface area contributed by atoms with Crippen molar-refractivity contribution in [3.05, 3.63) is 104 Å². The Labute approximate surface area is 161 Å². The largest absolute Gasteiger partial charge is 0.422 e. The Kier molecular flexibility index (Phi) is 3.59. The molecule has 0 spiro atoms. The van der Waals surface area contributed by atoms with Crippen LogP contribution >= 0.6 is 11.6 Å². The number of para-hydroxylation sites is 1. The van der Waals surface area contributed by atoms with E-state index in [1.807, 2.05) is 49.4 Å². The number of halogens is 1. The quantitative estimate of drug-likeness (QED) is 0.367. The van der Waals surface area contributed by atoms with E-state index in [1.165, 1.54) is 5.56 Å². The summed E-state index contributed by atoms with van der Waals surface area (Å²) in [7, 11) is 0. The van der Waals surface area contributed by atoms with Gasteiger partial charge in [0.1, 0.15) is 5.58 Å². The molecule has 3 aromatic carbocycles. The molecule has 1 aliphatic heterocycles. The lowest BCUT2D eigenvalue weighted by Gasteiger charge is -2.29. The second kappa shape index (κ2) is 6.00. The minimum atomic E-state index is -0.326. The summed E-state index contributed by atoms with van der Waals surface area (Å²) in [6, 6.07) is 21.6. The summed E-state index contributed by atoms with van der Waals surface area (Å²) in [6.07, 6.45) is 0. The van der Waals surface area contributed by atoms with Crippen molar-refractivity contribution in [2.75, 3.05) is 5.32 Å². The standard InChI is InChI=1S/C23H16ClNO2/c1-13-6-8-14(9-7-13)20-17-12-15(24)10-11-18(17)25-22-16-4-2-3-5-19(16)27-23(26)21(20)22/h2-12,20,25H,1H3. The fourth-order valence-corrected chi connectivity index (χ4v) is 4.02. The van der Waals surface area contributed by atoms with Crippen molar-refractivity contribution in [3.8, 4) is 0 Å². The lowest BCUT2D eigenvalue weighted by Crippen LogP contribution is -2.22. The van der Waals surface area contributed by atoms with Crippen LogP contribution in [0.5, 0.6) is 0 Å². The van der Waals surface area contributed by atoms with Crippen LogP contribution in [0.2, 0.25) is 5.02 Å². The van der Waals surface area contributed by atoms with Crippen LogP contribution in [-0.4, -0.2) is 0 Å². The van der Waals surface area contributed by atoms with Gasteiger partial charge in [0.25, 0.3) is 0 Å². The van der Waals surface area contributed by atoms with Gasteiger partial charge in [0.05, 0.1) is 11.3 Å². The maximum atomic E-state index is 13.0. The number of nitrogens with one attached hydrogen (secondary N) is 1. The molecule has 0 saturated carbocycles. The molecule has 0 bridgehead atoms. The molecule has 1 unspecified atom stereocenters. The molecule has 5 rings (SSSR count). The highest BCUT2D eigenvalue weighted by Gasteiger charge is 2.32. The van der Waals surface area contributed by atoms with Gasteiger partial charge >= 0.3 is 5.63 Å². The summed E-state index contributed by atoms with van der Waals surface area (Å²) in [5.41, 5.74) is 5.81. The van der Waals surface area contributed by atoms with Gasteiger partial charge < -0.3 is 9.73 Å². The van der Waals surface area contributed by atoms with Crippen LogP contribution in [0, 0.1) is 6.92 Å². The number of fused-ring (bicyclic) bond motifs is 4. The smallest absolute Gasteiger partial charge is 0.342 e. The molecule has 0 saturated heterocycles. The Morgan fingerprint density at radius 3 is 2.59 bits per heavy atom. The van der Waals surface area contributed by atoms with E-state index in [-0.39, 0.29) is 11.5 Å². The number of hydrogen-bond acceptors (Lipinski definition) is 3. The van der Waals surface area contributed by atoms with Crippen molar-refractivity contribution >= 4 is 33.9 Å². The van der Waals surface area contributed by atoms with Gasteiger partial charge in [0.2, 0.25) is 0 Å². The molecule has 1 aromatic heterocycles. The molecule has 1 atom stereocenters. The number of anilines is 2. The zero-order valence-electron chi connectivity index (χ0n) is 14.6. The Morgan fingerprint density at radius 2 is 1.78 bits per heavy atom. The van der Waals surface area contributed by atoms with E-state index < -0.39 is 0 Å². The highest BCUT2D eigenvalue weighted by molar-refractivity contribution is 6.30. The van der Waals surface area contributed by atoms with Gasteiger partial charge in [-0.3, -0.25) is 0 Å². The number of rotatable bonds is 1. The topological polar surface area (TPSA) is 42.2 Å². The summed E-state index contributed by atoms with van der Waals surface area (Å²) in [5, 5.41) is 4.98. The molecule has 4 heteroatoms. The fourth-order valence-electron chi connectivity index (χ4n) is 3.84. The van der Waals surface area contributed by atoms with Crippen molar-refractivity contribution in [1.82, 2.24) is 0 Å². The summed E-state index contributed by atoms with van der Waals surface area (Å²) in [4.78, 5) is 13.0. The zero-order chi connectivity index (χ0) is 18.5. The van der Waals surface area contributed by atoms with Crippen LogP contribution in [0.25, 0.3) is 11.0 Å². The molecular formula is C23H16ClNO2. The third-order valence-electron chi connectivity index (χ3n) is 5.13. The average Bonchev–Trinajstić information content (AvgIpc) is 2.67. The predicted octanol–water partition coefficient (Wildman–Crippen LogP) is 5.99. The summed E-state index contributed by atoms with van der Waals surface area (Å²) >= 11 is 6.29. The Balaban J connectivity index is 1.87. The second-order valence-electron chi connectivity index (χ2n) is 6.87. The summed E-state index contributed by atoms with van der Waals surface area (Å²) in [6.45, 7) is 2.05. The molecule has 132 valence electrons. The molecule has 27 heavy (non-hydrogen) atoms. The Bertz CT molecular complexity index is 1240. The zero-order valence-corrected chi connectivity index (χ0v) is 15.4. The van der Waals surface area contributed by atoms with E-state index in [2.05, 4.69) is 29.6 Å². The molecule has 1 N–H and O–H groups in total. The highest BCUT2D eigenvalue weighted by atomic mass is 35.5. The maximum Gasteiger partial charge on any atom is 0.342 e. The maximum absolute atomic E-state index is 13.0. The first-order chi connectivity index (χ1) is 13.1. The molecular weight excluding hydrogens is 358 g/mol. The molecule has 3 nitrogen and oxygen atoms in total. The van der Waals surface area contributed by atoms with Crippen LogP contribution < -0.4 is 10.9 Å². The molecule has 0 fully saturated rings. The highest BCUT2D eigenvalue weighted by Crippen LogP contribution is 2.46. The van der Waals surface area contributed by atoms with Gasteiger partial charge in [-0.15, -0.1) is 0 Å². The first-order valence-corrected chi connectivity index (χ1v) is 9.18. The minimum absolute atomic E-state index is 0.239. The van der Waals surface area contributed by atoms with E-state index in [1.54, 1.807) is 0 Å². The molecule has 1 aliphatic rings. The Hall–Kier alpha value is -3.04. The molecule has 0 amide bonds. The summed E-state index contributed by atoms with van der Waals surface area (Å²) < 4.78 is 5.65. The van der Waals surface area contributed by atoms with Gasteiger partial charge in [-0.05, 0) is 48.4 Å². The molecule has 0 radical (unpaired) electrons. The minimum Gasteiger partial charge on any atom is -0.422 e. The number of benzene rings is 3. The van der Waals surface area contributed by atoms with Gasteiger partial charge in [-0.25, -0.2) is 4.79 Å². The number of hydrogen-bond donors (Lipinski definition) is 1. The fraction of sp³-hybridized carbons (Fsp3) is 0.0870. The van der Waals surface area contributed by atoms with E-state index in [9.17, 15) is 4.79 Å². The first-order valence-electron chi connectivity index (χ1n) is 8.80. The van der Waals surface area contributed by atoms with Crippen molar-refractivity contribution in [2.45, 2.75) is 12.8 Å². The first kappa shape index (κ1) is 16.2. The van der Waals surface area contributed by atoms with Gasteiger partial charge in [-0.1, -0.05) is 53.6 Å². The van der Waals surface area contributed by atoms with E-state index in [4.69, 9.17) is 16.0 Å². The van der Waals surface area contributed by atoms with Crippen molar-refractivity contribution in [1.29, 1.82) is 0 Å². The van der Waals surface area contributed by atoms with Crippen LogP contribution in [-0.2, 0) is 0 Å². The normalized spacial score (nSPS) is 15.1.